The van der Waals surface area contributed by atoms with Gasteiger partial charge in [-0.25, -0.2) is 0 Å². The van der Waals surface area contributed by atoms with Gasteiger partial charge in [0.1, 0.15) is 0 Å². The van der Waals surface area contributed by atoms with Gasteiger partial charge in [-0.05, 0) is 48.6 Å². The highest BCUT2D eigenvalue weighted by molar-refractivity contribution is 5.95. The highest BCUT2D eigenvalue weighted by atomic mass is 16.7. The number of methoxy groups -OCH3 is 2. The first kappa shape index (κ1) is 19.0. The fourth-order valence-corrected chi connectivity index (χ4v) is 4.70. The lowest BCUT2D eigenvalue weighted by molar-refractivity contribution is -0.686. The minimum Gasteiger partial charge on any atom is -0.493 e. The summed E-state index contributed by atoms with van der Waals surface area (Å²) in [5, 5.41) is 2.33. The second kappa shape index (κ2) is 7.38. The molecule has 0 unspecified atom stereocenters. The Morgan fingerprint density at radius 1 is 1.03 bits per heavy atom. The predicted octanol–water partition coefficient (Wildman–Crippen LogP) is 4.68. The molecule has 30 heavy (non-hydrogen) atoms. The highest BCUT2D eigenvalue weighted by Crippen LogP contribution is 2.43. The van der Waals surface area contributed by atoms with Gasteiger partial charge < -0.3 is 18.9 Å². The molecule has 0 spiro atoms. The number of rotatable bonds is 5. The number of benzene rings is 2. The first-order valence-corrected chi connectivity index (χ1v) is 10.6. The fourth-order valence-electron chi connectivity index (χ4n) is 4.70. The van der Waals surface area contributed by atoms with E-state index in [-0.39, 0.29) is 0 Å². The molecule has 0 saturated carbocycles. The number of hydrogen-bond donors (Lipinski definition) is 0. The third kappa shape index (κ3) is 2.95. The van der Waals surface area contributed by atoms with Crippen molar-refractivity contribution in [2.75, 3.05) is 21.0 Å². The Morgan fingerprint density at radius 2 is 1.83 bits per heavy atom. The Kier molecular flexibility index (Phi) is 4.69. The van der Waals surface area contributed by atoms with E-state index in [1.54, 1.807) is 14.2 Å². The second-order valence-electron chi connectivity index (χ2n) is 8.46. The molecule has 0 saturated heterocycles. The van der Waals surface area contributed by atoms with Gasteiger partial charge in [0.2, 0.25) is 12.5 Å². The molecule has 0 radical (unpaired) electrons. The fraction of sp³-hybridized carbons (Fsp3) is 0.400. The molecule has 156 valence electrons. The first-order chi connectivity index (χ1) is 14.6. The Balaban J connectivity index is 1.80. The van der Waals surface area contributed by atoms with Crippen LogP contribution in [0, 0.1) is 5.92 Å². The van der Waals surface area contributed by atoms with Crippen LogP contribution in [-0.4, -0.2) is 21.0 Å². The van der Waals surface area contributed by atoms with E-state index in [0.29, 0.717) is 12.7 Å². The Bertz CT molecular complexity index is 1140. The van der Waals surface area contributed by atoms with Crippen LogP contribution in [0.2, 0.25) is 0 Å². The number of aryl methyl sites for hydroxylation is 3. The molecule has 5 heteroatoms. The summed E-state index contributed by atoms with van der Waals surface area (Å²) in [5.74, 6) is 3.89. The van der Waals surface area contributed by atoms with Crippen molar-refractivity contribution in [3.05, 3.63) is 41.6 Å². The van der Waals surface area contributed by atoms with E-state index in [1.807, 2.05) is 6.07 Å². The lowest BCUT2D eigenvalue weighted by atomic mass is 9.88. The molecule has 0 fully saturated rings. The van der Waals surface area contributed by atoms with Crippen molar-refractivity contribution < 1.29 is 23.5 Å². The monoisotopic (exact) mass is 406 g/mol. The van der Waals surface area contributed by atoms with Crippen LogP contribution in [0.25, 0.3) is 22.0 Å². The van der Waals surface area contributed by atoms with Crippen LogP contribution in [0.4, 0.5) is 0 Å². The van der Waals surface area contributed by atoms with Crippen molar-refractivity contribution >= 4 is 10.8 Å². The molecule has 0 bridgehead atoms. The zero-order valence-corrected chi connectivity index (χ0v) is 18.1. The largest absolute Gasteiger partial charge is 0.493 e. The van der Waals surface area contributed by atoms with Crippen molar-refractivity contribution in [1.29, 1.82) is 0 Å². The number of hydrogen-bond acceptors (Lipinski definition) is 4. The molecule has 0 amide bonds. The van der Waals surface area contributed by atoms with Gasteiger partial charge in [-0.3, -0.25) is 0 Å². The van der Waals surface area contributed by atoms with Crippen molar-refractivity contribution in [2.45, 2.75) is 39.7 Å². The van der Waals surface area contributed by atoms with Gasteiger partial charge in [0.05, 0.1) is 25.2 Å². The van der Waals surface area contributed by atoms with Gasteiger partial charge in [-0.1, -0.05) is 13.8 Å². The van der Waals surface area contributed by atoms with Gasteiger partial charge in [0, 0.05) is 17.4 Å². The Labute approximate surface area is 177 Å². The van der Waals surface area contributed by atoms with E-state index in [1.165, 1.54) is 27.8 Å². The first-order valence-electron chi connectivity index (χ1n) is 10.6. The van der Waals surface area contributed by atoms with Gasteiger partial charge in [0.25, 0.3) is 0 Å². The summed E-state index contributed by atoms with van der Waals surface area (Å²) in [4.78, 5) is 0. The summed E-state index contributed by atoms with van der Waals surface area (Å²) in [7, 11) is 3.40. The number of fused-ring (bicyclic) bond motifs is 5. The van der Waals surface area contributed by atoms with Crippen molar-refractivity contribution in [3.63, 3.8) is 0 Å². The minimum absolute atomic E-state index is 0.299. The molecule has 0 N–H and O–H groups in total. The van der Waals surface area contributed by atoms with Crippen molar-refractivity contribution in [2.24, 2.45) is 5.92 Å². The third-order valence-electron chi connectivity index (χ3n) is 6.21. The zero-order chi connectivity index (χ0) is 20.8. The van der Waals surface area contributed by atoms with Crippen molar-refractivity contribution in [3.8, 4) is 34.3 Å². The molecule has 5 nitrogen and oxygen atoms in total. The average molecular weight is 407 g/mol. The summed E-state index contributed by atoms with van der Waals surface area (Å²) in [6, 6.07) is 8.51. The van der Waals surface area contributed by atoms with Crippen molar-refractivity contribution in [1.82, 2.24) is 0 Å². The third-order valence-corrected chi connectivity index (χ3v) is 6.21. The molecule has 0 aliphatic carbocycles. The van der Waals surface area contributed by atoms with Crippen LogP contribution >= 0.6 is 0 Å². The highest BCUT2D eigenvalue weighted by Gasteiger charge is 2.32. The molecule has 3 heterocycles. The van der Waals surface area contributed by atoms with E-state index in [0.717, 1.165) is 54.2 Å². The van der Waals surface area contributed by atoms with E-state index in [9.17, 15) is 0 Å². The summed E-state index contributed by atoms with van der Waals surface area (Å²) < 4.78 is 25.1. The Morgan fingerprint density at radius 3 is 2.57 bits per heavy atom. The number of pyridine rings is 1. The van der Waals surface area contributed by atoms with Gasteiger partial charge in [0.15, 0.2) is 35.7 Å². The number of aromatic nitrogens is 1. The molecule has 1 aromatic heterocycles. The molecule has 5 rings (SSSR count). The van der Waals surface area contributed by atoms with Crippen LogP contribution in [0.15, 0.2) is 30.5 Å². The van der Waals surface area contributed by atoms with Crippen LogP contribution in [0.1, 0.15) is 31.4 Å². The van der Waals surface area contributed by atoms with Gasteiger partial charge in [-0.2, -0.15) is 4.57 Å². The van der Waals surface area contributed by atoms with Crippen LogP contribution < -0.4 is 23.5 Å². The van der Waals surface area contributed by atoms with E-state index in [2.05, 4.69) is 42.8 Å². The second-order valence-corrected chi connectivity index (χ2v) is 8.46. The van der Waals surface area contributed by atoms with E-state index < -0.39 is 0 Å². The maximum absolute atomic E-state index is 5.78. The predicted molar refractivity (Wildman–Crippen MR) is 116 cm³/mol. The van der Waals surface area contributed by atoms with Crippen LogP contribution in [-0.2, 0) is 19.4 Å². The quantitative estimate of drug-likeness (QED) is 0.577. The van der Waals surface area contributed by atoms with Crippen LogP contribution in [0.5, 0.6) is 23.0 Å². The molecule has 2 aliphatic rings. The van der Waals surface area contributed by atoms with Gasteiger partial charge >= 0.3 is 0 Å². The molecular formula is C25H28NO4+. The normalized spacial score (nSPS) is 14.0. The molecule has 2 aromatic carbocycles. The molecule has 0 atom stereocenters. The smallest absolute Gasteiger partial charge is 0.231 e. The summed E-state index contributed by atoms with van der Waals surface area (Å²) in [5.41, 5.74) is 5.22. The van der Waals surface area contributed by atoms with Gasteiger partial charge in [-0.15, -0.1) is 0 Å². The SMILES string of the molecule is COc1ccc2c(CCC(C)C)c3[n+](cc2c1OC)CCc1cc2c(cc1-3)OCO2. The average Bonchev–Trinajstić information content (AvgIpc) is 3.21. The summed E-state index contributed by atoms with van der Waals surface area (Å²) >= 11 is 0. The summed E-state index contributed by atoms with van der Waals surface area (Å²) in [6.07, 6.45) is 5.32. The number of nitrogens with zero attached hydrogens (tertiary/aromatic N) is 1. The Hall–Kier alpha value is -2.95. The minimum atomic E-state index is 0.299. The van der Waals surface area contributed by atoms with Crippen LogP contribution in [0.3, 0.4) is 0 Å². The van der Waals surface area contributed by atoms with E-state index >= 15 is 0 Å². The topological polar surface area (TPSA) is 40.8 Å². The summed E-state index contributed by atoms with van der Waals surface area (Å²) in [6.45, 7) is 5.78. The van der Waals surface area contributed by atoms with E-state index in [4.69, 9.17) is 18.9 Å². The zero-order valence-electron chi connectivity index (χ0n) is 18.1. The molecule has 3 aromatic rings. The lowest BCUT2D eigenvalue weighted by Crippen LogP contribution is -2.41. The number of ether oxygens (including phenoxy) is 4. The maximum Gasteiger partial charge on any atom is 0.231 e. The lowest BCUT2D eigenvalue weighted by Gasteiger charge is -2.21. The standard InChI is InChI=1S/C25H28NO4/c1-15(2)5-6-18-17-7-8-21(27-3)25(28-4)20(17)13-26-10-9-16-11-22-23(30-14-29-22)12-19(16)24(18)26/h7-8,11-13,15H,5-6,9-10,14H2,1-4H3/q+1. The molecule has 2 aliphatic heterocycles. The maximum atomic E-state index is 5.78. The molecular weight excluding hydrogens is 378 g/mol.